The summed E-state index contributed by atoms with van der Waals surface area (Å²) in [6, 6.07) is 5.73. The number of ether oxygens (including phenoxy) is 2. The monoisotopic (exact) mass is 700 g/mol. The smallest absolute Gasteiger partial charge is 0.333 e. The SMILES string of the molecule is COCC(=O)O[C@]1(C(=O)SCF)[C@H](C)C[C@H]2[C@@H]3CCC4=Cc5c(cnn5-c5cccc(C(=O)NCC(N)=O)c5)C[C@]4(C)[C@@]3(F)[C@@H](O)C[C@@]21C. The van der Waals surface area contributed by atoms with Gasteiger partial charge >= 0.3 is 5.97 Å². The van der Waals surface area contributed by atoms with Crippen LogP contribution in [0.5, 0.6) is 0 Å². The summed E-state index contributed by atoms with van der Waals surface area (Å²) in [4.78, 5) is 50.4. The van der Waals surface area contributed by atoms with Crippen molar-refractivity contribution in [3.8, 4) is 5.69 Å². The van der Waals surface area contributed by atoms with Gasteiger partial charge in [-0.15, -0.1) is 0 Å². The molecule has 4 N–H and O–H groups in total. The lowest BCUT2D eigenvalue weighted by atomic mass is 9.44. The van der Waals surface area contributed by atoms with Crippen LogP contribution in [0.2, 0.25) is 0 Å². The van der Waals surface area contributed by atoms with Crippen molar-refractivity contribution >= 4 is 40.7 Å². The molecule has 2 aromatic rings. The first-order chi connectivity index (χ1) is 23.2. The number of aliphatic hydroxyl groups is 1. The molecule has 3 fully saturated rings. The van der Waals surface area contributed by atoms with E-state index >= 15 is 4.39 Å². The van der Waals surface area contributed by atoms with E-state index in [0.29, 0.717) is 42.3 Å². The van der Waals surface area contributed by atoms with E-state index in [4.69, 9.17) is 15.2 Å². The summed E-state index contributed by atoms with van der Waals surface area (Å²) in [5.74, 6) is -3.58. The first-order valence-corrected chi connectivity index (χ1v) is 17.4. The largest absolute Gasteiger partial charge is 0.447 e. The Kier molecular flexibility index (Phi) is 9.06. The fourth-order valence-corrected chi connectivity index (χ4v) is 10.6. The second-order valence-electron chi connectivity index (χ2n) is 14.3. The van der Waals surface area contributed by atoms with Crippen molar-refractivity contribution in [3.63, 3.8) is 0 Å². The number of nitrogens with two attached hydrogens (primary N) is 1. The Morgan fingerprint density at radius 2 is 1.98 bits per heavy atom. The summed E-state index contributed by atoms with van der Waals surface area (Å²) in [7, 11) is 1.33. The number of carbonyl (C=O) groups is 4. The van der Waals surface area contributed by atoms with Crippen molar-refractivity contribution < 1.29 is 42.5 Å². The van der Waals surface area contributed by atoms with E-state index in [0.717, 1.165) is 16.8 Å². The van der Waals surface area contributed by atoms with Crippen LogP contribution in [-0.2, 0) is 30.3 Å². The maximum Gasteiger partial charge on any atom is 0.333 e. The molecule has 6 rings (SSSR count). The van der Waals surface area contributed by atoms with Crippen LogP contribution in [0.1, 0.15) is 68.1 Å². The molecule has 0 saturated heterocycles. The Labute approximate surface area is 287 Å². The van der Waals surface area contributed by atoms with E-state index in [1.807, 2.05) is 13.0 Å². The molecule has 0 aliphatic heterocycles. The number of esters is 1. The molecule has 14 heteroatoms. The lowest BCUT2D eigenvalue weighted by molar-refractivity contribution is -0.231. The number of hydrogen-bond acceptors (Lipinski definition) is 9. The van der Waals surface area contributed by atoms with E-state index in [1.165, 1.54) is 7.11 Å². The van der Waals surface area contributed by atoms with Gasteiger partial charge in [0.2, 0.25) is 11.0 Å². The number of fused-ring (bicyclic) bond motifs is 6. The van der Waals surface area contributed by atoms with E-state index < -0.39 is 81.5 Å². The fourth-order valence-electron chi connectivity index (χ4n) is 9.81. The molecule has 0 radical (unpaired) electrons. The average molecular weight is 701 g/mol. The Morgan fingerprint density at radius 1 is 1.22 bits per heavy atom. The number of hydrogen-bond donors (Lipinski definition) is 3. The average Bonchev–Trinajstić information content (AvgIpc) is 3.55. The van der Waals surface area contributed by atoms with Crippen LogP contribution in [-0.4, -0.2) is 81.4 Å². The molecular weight excluding hydrogens is 658 g/mol. The maximum absolute atomic E-state index is 18.3. The highest BCUT2D eigenvalue weighted by Gasteiger charge is 2.77. The third kappa shape index (κ3) is 5.15. The number of alkyl halides is 2. The minimum Gasteiger partial charge on any atom is -0.447 e. The van der Waals surface area contributed by atoms with Gasteiger partial charge in [-0.2, -0.15) is 5.10 Å². The molecule has 0 unspecified atom stereocenters. The highest BCUT2D eigenvalue weighted by molar-refractivity contribution is 8.13. The number of primary amides is 1. The molecule has 264 valence electrons. The second kappa shape index (κ2) is 12.6. The van der Waals surface area contributed by atoms with Crippen molar-refractivity contribution in [2.24, 2.45) is 34.3 Å². The molecule has 49 heavy (non-hydrogen) atoms. The van der Waals surface area contributed by atoms with Crippen LogP contribution in [0.4, 0.5) is 8.78 Å². The number of nitrogens with zero attached hydrogens (tertiary/aromatic N) is 2. The minimum atomic E-state index is -2.10. The third-order valence-electron chi connectivity index (χ3n) is 11.9. The van der Waals surface area contributed by atoms with E-state index in [9.17, 15) is 28.7 Å². The number of benzene rings is 1. The second-order valence-corrected chi connectivity index (χ2v) is 15.2. The van der Waals surface area contributed by atoms with Gasteiger partial charge in [-0.3, -0.25) is 14.4 Å². The lowest BCUT2D eigenvalue weighted by Crippen LogP contribution is -2.70. The normalized spacial score (nSPS) is 34.5. The number of amides is 2. The first-order valence-electron chi connectivity index (χ1n) is 16.4. The van der Waals surface area contributed by atoms with E-state index in [1.54, 1.807) is 49.0 Å². The van der Waals surface area contributed by atoms with Crippen LogP contribution >= 0.6 is 11.8 Å². The molecule has 4 aliphatic rings. The molecular formula is C35H42F2N4O7S. The number of thioether (sulfide) groups is 1. The summed E-state index contributed by atoms with van der Waals surface area (Å²) in [6.45, 7) is 4.69. The van der Waals surface area contributed by atoms with Gasteiger partial charge in [0.25, 0.3) is 5.91 Å². The fraction of sp³-hybridized carbons (Fsp3) is 0.571. The van der Waals surface area contributed by atoms with Crippen LogP contribution < -0.4 is 11.1 Å². The van der Waals surface area contributed by atoms with Crippen molar-refractivity contribution in [2.75, 3.05) is 26.3 Å². The predicted molar refractivity (Wildman–Crippen MR) is 177 cm³/mol. The van der Waals surface area contributed by atoms with Crippen LogP contribution in [0.25, 0.3) is 11.8 Å². The number of aliphatic hydroxyl groups excluding tert-OH is 1. The van der Waals surface area contributed by atoms with Gasteiger partial charge in [0.05, 0.1) is 30.2 Å². The Balaban J connectivity index is 1.35. The van der Waals surface area contributed by atoms with Gasteiger partial charge in [-0.1, -0.05) is 32.4 Å². The molecule has 0 bridgehead atoms. The van der Waals surface area contributed by atoms with Crippen molar-refractivity contribution in [1.29, 1.82) is 0 Å². The Hall–Kier alpha value is -3.62. The highest BCUT2D eigenvalue weighted by atomic mass is 32.2. The number of rotatable bonds is 9. The topological polar surface area (TPSA) is 163 Å². The number of nitrogens with one attached hydrogen (secondary N) is 1. The summed E-state index contributed by atoms with van der Waals surface area (Å²) in [6.07, 6.45) is 3.43. The molecule has 11 nitrogen and oxygen atoms in total. The number of carbonyl (C=O) groups excluding carboxylic acids is 4. The number of methoxy groups -OCH3 is 1. The third-order valence-corrected chi connectivity index (χ3v) is 12.6. The van der Waals surface area contributed by atoms with Gasteiger partial charge in [0, 0.05) is 35.3 Å². The van der Waals surface area contributed by atoms with Gasteiger partial charge in [0.15, 0.2) is 5.60 Å². The number of aromatic nitrogens is 2. The van der Waals surface area contributed by atoms with Gasteiger partial charge in [-0.25, -0.2) is 18.3 Å². The highest BCUT2D eigenvalue weighted by Crippen LogP contribution is 2.72. The van der Waals surface area contributed by atoms with Crippen LogP contribution in [0.15, 0.2) is 36.0 Å². The lowest BCUT2D eigenvalue weighted by Gasteiger charge is -2.63. The van der Waals surface area contributed by atoms with Crippen LogP contribution in [0.3, 0.4) is 0 Å². The summed E-state index contributed by atoms with van der Waals surface area (Å²) < 4.78 is 44.5. The van der Waals surface area contributed by atoms with Gasteiger partial charge < -0.3 is 25.6 Å². The summed E-state index contributed by atoms with van der Waals surface area (Å²) >= 11 is 0.433. The number of halogens is 2. The Morgan fingerprint density at radius 3 is 2.67 bits per heavy atom. The molecule has 1 heterocycles. The summed E-state index contributed by atoms with van der Waals surface area (Å²) in [5, 5.41) is 18.4. The maximum atomic E-state index is 18.3. The van der Waals surface area contributed by atoms with E-state index in [2.05, 4.69) is 10.4 Å². The van der Waals surface area contributed by atoms with E-state index in [-0.39, 0.29) is 19.4 Å². The van der Waals surface area contributed by atoms with Crippen molar-refractivity contribution in [2.45, 2.75) is 70.2 Å². The zero-order chi connectivity index (χ0) is 35.5. The molecule has 0 spiro atoms. The molecule has 1 aromatic heterocycles. The standard InChI is InChI=1S/C35H42F2N4O7S/c1-19-10-25-24-9-8-22-12-26-21(15-40-41(26)23-7-5-6-20(11-23)30(45)39-16-28(38)43)13-32(22,2)34(24,37)27(42)14-33(25,3)35(19,31(46)49-18-36)48-29(44)17-47-4/h5-7,11-12,15,19,24-25,27,42H,8-10,13-14,16-18H2,1-4H3,(H2,38,43)(H,39,45)/t19-,24+,25+,27+,32+,33+,34+,35+/m1/s1. The number of allylic oxidation sites excluding steroid dienone is 1. The zero-order valence-electron chi connectivity index (χ0n) is 28.0. The molecule has 1 aromatic carbocycles. The van der Waals surface area contributed by atoms with Crippen LogP contribution in [0, 0.1) is 28.6 Å². The summed E-state index contributed by atoms with van der Waals surface area (Å²) in [5.41, 5.74) is 2.26. The van der Waals surface area contributed by atoms with Crippen molar-refractivity contribution in [3.05, 3.63) is 52.9 Å². The molecule has 3 saturated carbocycles. The van der Waals surface area contributed by atoms with Gasteiger partial charge in [0.1, 0.15) is 18.3 Å². The molecule has 8 atom stereocenters. The van der Waals surface area contributed by atoms with Gasteiger partial charge in [-0.05, 0) is 79.6 Å². The molecule has 2 amide bonds. The Bertz CT molecular complexity index is 1730. The zero-order valence-corrected chi connectivity index (χ0v) is 28.8. The quantitative estimate of drug-likeness (QED) is 0.331. The minimum absolute atomic E-state index is 0.159. The predicted octanol–water partition coefficient (Wildman–Crippen LogP) is 3.69. The first kappa shape index (κ1) is 35.2. The van der Waals surface area contributed by atoms with Crippen molar-refractivity contribution in [1.82, 2.24) is 15.1 Å². The molecule has 4 aliphatic carbocycles.